The van der Waals surface area contributed by atoms with E-state index < -0.39 is 5.97 Å². The Morgan fingerprint density at radius 1 is 1.03 bits per heavy atom. The number of carboxylic acids is 1. The number of aromatic carboxylic acids is 1. The molecule has 1 N–H and O–H groups in total. The largest absolute Gasteiger partial charge is 0.491 e. The maximum absolute atomic E-state index is 11.4. The summed E-state index contributed by atoms with van der Waals surface area (Å²) in [5.74, 6) is -0.618. The Hall–Kier alpha value is -3.02. The van der Waals surface area contributed by atoms with Crippen LogP contribution >= 0.6 is 0 Å². The first-order chi connectivity index (χ1) is 14.2. The molecule has 0 amide bonds. The normalized spacial score (nSPS) is 10.9. The van der Waals surface area contributed by atoms with Crippen LogP contribution in [0.2, 0.25) is 0 Å². The Balaban J connectivity index is 1.65. The molecule has 1 heterocycles. The third kappa shape index (κ3) is 5.73. The second-order valence-electron chi connectivity index (χ2n) is 7.02. The summed E-state index contributed by atoms with van der Waals surface area (Å²) in [6, 6.07) is 15.0. The van der Waals surface area contributed by atoms with Crippen molar-refractivity contribution in [3.05, 3.63) is 54.1 Å². The standard InChI is InChI=1S/C23H28N2O4/c1-2-3-4-5-10-15-25(23-24-19-12-7-9-14-21(19)29-23)16-17-28-20-13-8-6-11-18(20)22(26)27/h6-9,11-14H,2-5,10,15-17H2,1H3,(H,26,27). The average molecular weight is 396 g/mol. The van der Waals surface area contributed by atoms with Crippen LogP contribution in [-0.2, 0) is 0 Å². The number of carboxylic acid groups (broad SMARTS) is 1. The van der Waals surface area contributed by atoms with Crippen LogP contribution < -0.4 is 9.64 Å². The molecule has 0 saturated carbocycles. The quantitative estimate of drug-likeness (QED) is 0.414. The molecule has 154 valence electrons. The van der Waals surface area contributed by atoms with Crippen LogP contribution in [-0.4, -0.2) is 35.8 Å². The molecular weight excluding hydrogens is 368 g/mol. The van der Waals surface area contributed by atoms with Crippen LogP contribution in [0.5, 0.6) is 5.75 Å². The summed E-state index contributed by atoms with van der Waals surface area (Å²) in [5, 5.41) is 9.30. The summed E-state index contributed by atoms with van der Waals surface area (Å²) in [5.41, 5.74) is 1.76. The summed E-state index contributed by atoms with van der Waals surface area (Å²) < 4.78 is 11.7. The highest BCUT2D eigenvalue weighted by Gasteiger charge is 2.15. The lowest BCUT2D eigenvalue weighted by atomic mass is 10.1. The van der Waals surface area contributed by atoms with Crippen LogP contribution in [0.1, 0.15) is 49.4 Å². The van der Waals surface area contributed by atoms with Crippen molar-refractivity contribution in [3.8, 4) is 5.75 Å². The molecule has 0 atom stereocenters. The molecule has 0 unspecified atom stereocenters. The maximum Gasteiger partial charge on any atom is 0.339 e. The number of benzene rings is 2. The highest BCUT2D eigenvalue weighted by atomic mass is 16.5. The smallest absolute Gasteiger partial charge is 0.339 e. The fraction of sp³-hybridized carbons (Fsp3) is 0.391. The molecule has 2 aromatic carbocycles. The minimum absolute atomic E-state index is 0.167. The number of hydrogen-bond acceptors (Lipinski definition) is 5. The second kappa shape index (κ2) is 10.5. The van der Waals surface area contributed by atoms with Gasteiger partial charge < -0.3 is 19.2 Å². The van der Waals surface area contributed by atoms with Crippen molar-refractivity contribution < 1.29 is 19.1 Å². The van der Waals surface area contributed by atoms with E-state index in [1.54, 1.807) is 24.3 Å². The second-order valence-corrected chi connectivity index (χ2v) is 7.02. The maximum atomic E-state index is 11.4. The van der Waals surface area contributed by atoms with Crippen LogP contribution in [0.4, 0.5) is 6.01 Å². The van der Waals surface area contributed by atoms with Gasteiger partial charge in [-0.15, -0.1) is 0 Å². The van der Waals surface area contributed by atoms with Crippen molar-refractivity contribution in [1.29, 1.82) is 0 Å². The zero-order valence-electron chi connectivity index (χ0n) is 16.8. The summed E-state index contributed by atoms with van der Waals surface area (Å²) in [6.45, 7) is 3.93. The molecule has 29 heavy (non-hydrogen) atoms. The van der Waals surface area contributed by atoms with Gasteiger partial charge in [-0.05, 0) is 30.7 Å². The van der Waals surface area contributed by atoms with Crippen LogP contribution in [0, 0.1) is 0 Å². The SMILES string of the molecule is CCCCCCCN(CCOc1ccccc1C(=O)O)c1nc2ccccc2o1. The fourth-order valence-electron chi connectivity index (χ4n) is 3.24. The van der Waals surface area contributed by atoms with Gasteiger partial charge in [0.25, 0.3) is 6.01 Å². The van der Waals surface area contributed by atoms with Crippen molar-refractivity contribution in [2.24, 2.45) is 0 Å². The number of aromatic nitrogens is 1. The highest BCUT2D eigenvalue weighted by molar-refractivity contribution is 5.90. The predicted octanol–water partition coefficient (Wildman–Crippen LogP) is 5.38. The third-order valence-electron chi connectivity index (χ3n) is 4.82. The number of rotatable bonds is 12. The number of carbonyl (C=O) groups is 1. The molecule has 6 heteroatoms. The minimum atomic E-state index is -0.993. The molecule has 0 fully saturated rings. The summed E-state index contributed by atoms with van der Waals surface area (Å²) >= 11 is 0. The van der Waals surface area contributed by atoms with Gasteiger partial charge in [0.2, 0.25) is 0 Å². The first-order valence-corrected chi connectivity index (χ1v) is 10.2. The Morgan fingerprint density at radius 3 is 2.59 bits per heavy atom. The van der Waals surface area contributed by atoms with E-state index >= 15 is 0 Å². The van der Waals surface area contributed by atoms with Crippen molar-refractivity contribution in [1.82, 2.24) is 4.98 Å². The number of oxazole rings is 1. The number of para-hydroxylation sites is 3. The highest BCUT2D eigenvalue weighted by Crippen LogP contribution is 2.23. The van der Waals surface area contributed by atoms with E-state index in [0.29, 0.717) is 24.9 Å². The lowest BCUT2D eigenvalue weighted by Crippen LogP contribution is -2.30. The molecule has 6 nitrogen and oxygen atoms in total. The van der Waals surface area contributed by atoms with Crippen LogP contribution in [0.15, 0.2) is 52.9 Å². The number of hydrogen-bond donors (Lipinski definition) is 1. The molecule has 0 bridgehead atoms. The van der Waals surface area contributed by atoms with Gasteiger partial charge in [-0.1, -0.05) is 56.9 Å². The number of nitrogens with zero attached hydrogens (tertiary/aromatic N) is 2. The summed E-state index contributed by atoms with van der Waals surface area (Å²) in [7, 11) is 0. The molecular formula is C23H28N2O4. The molecule has 0 saturated heterocycles. The van der Waals surface area contributed by atoms with Crippen molar-refractivity contribution >= 4 is 23.1 Å². The summed E-state index contributed by atoms with van der Waals surface area (Å²) in [4.78, 5) is 18.0. The zero-order chi connectivity index (χ0) is 20.5. The average Bonchev–Trinajstić information content (AvgIpc) is 3.16. The van der Waals surface area contributed by atoms with Crippen LogP contribution in [0.25, 0.3) is 11.1 Å². The van der Waals surface area contributed by atoms with Gasteiger partial charge in [0.05, 0.1) is 6.54 Å². The minimum Gasteiger partial charge on any atom is -0.491 e. The van der Waals surface area contributed by atoms with E-state index in [0.717, 1.165) is 30.5 Å². The molecule has 0 aliphatic carbocycles. The van der Waals surface area contributed by atoms with E-state index in [1.165, 1.54) is 19.3 Å². The van der Waals surface area contributed by atoms with Gasteiger partial charge in [-0.25, -0.2) is 4.79 Å². The van der Waals surface area contributed by atoms with E-state index in [9.17, 15) is 9.90 Å². The first kappa shape index (κ1) is 20.7. The molecule has 3 rings (SSSR count). The molecule has 0 aliphatic rings. The van der Waals surface area contributed by atoms with Gasteiger partial charge in [-0.3, -0.25) is 0 Å². The van der Waals surface area contributed by atoms with Gasteiger partial charge in [0.15, 0.2) is 5.58 Å². The van der Waals surface area contributed by atoms with Crippen molar-refractivity contribution in [3.63, 3.8) is 0 Å². The molecule has 0 spiro atoms. The van der Waals surface area contributed by atoms with Gasteiger partial charge in [0.1, 0.15) is 23.4 Å². The third-order valence-corrected chi connectivity index (χ3v) is 4.82. The van der Waals surface area contributed by atoms with E-state index in [4.69, 9.17) is 9.15 Å². The Labute approximate surface area is 171 Å². The Morgan fingerprint density at radius 2 is 1.79 bits per heavy atom. The number of unbranched alkanes of at least 4 members (excludes halogenated alkanes) is 4. The van der Waals surface area contributed by atoms with Crippen molar-refractivity contribution in [2.75, 3.05) is 24.6 Å². The van der Waals surface area contributed by atoms with E-state index in [1.807, 2.05) is 24.3 Å². The van der Waals surface area contributed by atoms with Gasteiger partial charge in [-0.2, -0.15) is 4.98 Å². The molecule has 1 aromatic heterocycles. The predicted molar refractivity (Wildman–Crippen MR) is 114 cm³/mol. The topological polar surface area (TPSA) is 75.8 Å². The molecule has 0 aliphatic heterocycles. The monoisotopic (exact) mass is 396 g/mol. The fourth-order valence-corrected chi connectivity index (χ4v) is 3.24. The lowest BCUT2D eigenvalue weighted by molar-refractivity contribution is 0.0692. The molecule has 3 aromatic rings. The number of ether oxygens (including phenoxy) is 1. The lowest BCUT2D eigenvalue weighted by Gasteiger charge is -2.21. The zero-order valence-corrected chi connectivity index (χ0v) is 16.8. The van der Waals surface area contributed by atoms with Gasteiger partial charge in [0, 0.05) is 6.54 Å². The van der Waals surface area contributed by atoms with Crippen LogP contribution in [0.3, 0.4) is 0 Å². The Kier molecular flexibility index (Phi) is 7.50. The van der Waals surface area contributed by atoms with Gasteiger partial charge >= 0.3 is 5.97 Å². The summed E-state index contributed by atoms with van der Waals surface area (Å²) in [6.07, 6.45) is 5.89. The molecule has 0 radical (unpaired) electrons. The van der Waals surface area contributed by atoms with E-state index in [2.05, 4.69) is 16.8 Å². The number of fused-ring (bicyclic) bond motifs is 1. The van der Waals surface area contributed by atoms with E-state index in [-0.39, 0.29) is 5.56 Å². The Bertz CT molecular complexity index is 889. The van der Waals surface area contributed by atoms with Crippen molar-refractivity contribution in [2.45, 2.75) is 39.0 Å². The first-order valence-electron chi connectivity index (χ1n) is 10.2. The number of anilines is 1.